The summed E-state index contributed by atoms with van der Waals surface area (Å²) in [5.74, 6) is 0.950. The summed E-state index contributed by atoms with van der Waals surface area (Å²) < 4.78 is 6.00. The highest BCUT2D eigenvalue weighted by Gasteiger charge is 2.40. The van der Waals surface area contributed by atoms with E-state index in [1.807, 2.05) is 0 Å². The minimum absolute atomic E-state index is 0.0325. The van der Waals surface area contributed by atoms with Crippen molar-refractivity contribution in [2.75, 3.05) is 11.9 Å². The summed E-state index contributed by atoms with van der Waals surface area (Å²) in [6.45, 7) is 7.58. The number of hydrogen-bond donors (Lipinski definition) is 2. The molecule has 0 saturated heterocycles. The van der Waals surface area contributed by atoms with Crippen molar-refractivity contribution >= 4 is 16.6 Å². The lowest BCUT2D eigenvalue weighted by atomic mass is 9.78. The number of aromatic nitrogens is 1. The highest BCUT2D eigenvalue weighted by molar-refractivity contribution is 5.89. The summed E-state index contributed by atoms with van der Waals surface area (Å²) in [4.78, 5) is 3.46. The number of nitrogens with one attached hydrogen (secondary N) is 2. The van der Waals surface area contributed by atoms with Gasteiger partial charge in [0.05, 0.1) is 18.2 Å². The average Bonchev–Trinajstić information content (AvgIpc) is 3.15. The van der Waals surface area contributed by atoms with Gasteiger partial charge in [-0.05, 0) is 24.1 Å². The number of unbranched alkanes of at least 4 members (excludes halogenated alkanes) is 1. The molecule has 3 heteroatoms. The highest BCUT2D eigenvalue weighted by atomic mass is 16.5. The third-order valence-corrected chi connectivity index (χ3v) is 5.42. The minimum Gasteiger partial charge on any atom is -0.491 e. The number of para-hydroxylation sites is 2. The van der Waals surface area contributed by atoms with Gasteiger partial charge >= 0.3 is 0 Å². The van der Waals surface area contributed by atoms with Crippen molar-refractivity contribution in [2.24, 2.45) is 0 Å². The molecule has 2 heterocycles. The van der Waals surface area contributed by atoms with Crippen LogP contribution >= 0.6 is 0 Å². The average molecular weight is 334 g/mol. The molecular formula is C22H26N2O. The molecule has 3 nitrogen and oxygen atoms in total. The van der Waals surface area contributed by atoms with Crippen molar-refractivity contribution < 1.29 is 4.74 Å². The molecule has 0 fully saturated rings. The molecule has 130 valence electrons. The molecule has 0 radical (unpaired) electrons. The van der Waals surface area contributed by atoms with Crippen LogP contribution in [0.2, 0.25) is 0 Å². The van der Waals surface area contributed by atoms with Crippen LogP contribution < -0.4 is 10.1 Å². The monoisotopic (exact) mass is 334 g/mol. The van der Waals surface area contributed by atoms with Crippen LogP contribution in [0.25, 0.3) is 10.9 Å². The van der Waals surface area contributed by atoms with E-state index < -0.39 is 0 Å². The predicted molar refractivity (Wildman–Crippen MR) is 105 cm³/mol. The number of ether oxygens (including phenoxy) is 1. The molecule has 0 spiro atoms. The Morgan fingerprint density at radius 3 is 2.72 bits per heavy atom. The summed E-state index contributed by atoms with van der Waals surface area (Å²) >= 11 is 0. The first kappa shape index (κ1) is 16.1. The molecule has 0 bridgehead atoms. The summed E-state index contributed by atoms with van der Waals surface area (Å²) in [5.41, 5.74) is 5.05. The Morgan fingerprint density at radius 2 is 1.92 bits per heavy atom. The molecule has 0 saturated carbocycles. The number of fused-ring (bicyclic) bond motifs is 2. The van der Waals surface area contributed by atoms with Crippen molar-refractivity contribution in [3.05, 3.63) is 59.8 Å². The summed E-state index contributed by atoms with van der Waals surface area (Å²) in [6.07, 6.45) is 4.36. The molecular weight excluding hydrogens is 308 g/mol. The maximum absolute atomic E-state index is 6.00. The van der Waals surface area contributed by atoms with E-state index in [2.05, 4.69) is 79.7 Å². The van der Waals surface area contributed by atoms with Gasteiger partial charge in [0.1, 0.15) is 5.75 Å². The maximum Gasteiger partial charge on any atom is 0.143 e. The van der Waals surface area contributed by atoms with Crippen LogP contribution in [0.3, 0.4) is 0 Å². The molecule has 2 aromatic carbocycles. The lowest BCUT2D eigenvalue weighted by Gasteiger charge is -2.27. The summed E-state index contributed by atoms with van der Waals surface area (Å²) in [6, 6.07) is 15.2. The first-order valence-corrected chi connectivity index (χ1v) is 9.21. The maximum atomic E-state index is 6.00. The highest BCUT2D eigenvalue weighted by Crippen LogP contribution is 2.49. The second-order valence-electron chi connectivity index (χ2n) is 7.47. The first-order chi connectivity index (χ1) is 12.1. The van der Waals surface area contributed by atoms with Gasteiger partial charge in [0.2, 0.25) is 0 Å². The zero-order valence-electron chi connectivity index (χ0n) is 15.2. The normalized spacial score (nSPS) is 18.1. The van der Waals surface area contributed by atoms with Crippen LogP contribution in [0, 0.1) is 0 Å². The fraction of sp³-hybridized carbons (Fsp3) is 0.364. The number of anilines is 1. The number of hydrogen-bond acceptors (Lipinski definition) is 2. The van der Waals surface area contributed by atoms with Gasteiger partial charge in [-0.15, -0.1) is 0 Å². The second-order valence-corrected chi connectivity index (χ2v) is 7.47. The van der Waals surface area contributed by atoms with Crippen LogP contribution in [-0.4, -0.2) is 11.6 Å². The number of rotatable bonds is 5. The van der Waals surface area contributed by atoms with E-state index in [0.717, 1.165) is 30.7 Å². The second kappa shape index (κ2) is 6.14. The molecule has 1 unspecified atom stereocenters. The van der Waals surface area contributed by atoms with Crippen molar-refractivity contribution in [1.29, 1.82) is 0 Å². The lowest BCUT2D eigenvalue weighted by molar-refractivity contribution is 0.312. The van der Waals surface area contributed by atoms with Crippen LogP contribution in [0.4, 0.5) is 5.69 Å². The molecule has 1 aliphatic rings. The zero-order chi connectivity index (χ0) is 17.4. The Labute approximate surface area is 149 Å². The molecule has 2 N–H and O–H groups in total. The molecule has 0 amide bonds. The van der Waals surface area contributed by atoms with Crippen LogP contribution in [0.5, 0.6) is 5.75 Å². The first-order valence-electron chi connectivity index (χ1n) is 9.21. The molecule has 1 aromatic heterocycles. The van der Waals surface area contributed by atoms with Gasteiger partial charge in [-0.25, -0.2) is 0 Å². The Hall–Kier alpha value is -2.42. The predicted octanol–water partition coefficient (Wildman–Crippen LogP) is 5.79. The van der Waals surface area contributed by atoms with E-state index in [0.29, 0.717) is 0 Å². The third-order valence-electron chi connectivity index (χ3n) is 5.42. The largest absolute Gasteiger partial charge is 0.491 e. The van der Waals surface area contributed by atoms with Crippen LogP contribution in [0.15, 0.2) is 48.7 Å². The van der Waals surface area contributed by atoms with Crippen molar-refractivity contribution in [1.82, 2.24) is 4.98 Å². The molecule has 0 aliphatic carbocycles. The van der Waals surface area contributed by atoms with Crippen LogP contribution in [-0.2, 0) is 5.41 Å². The van der Waals surface area contributed by atoms with E-state index in [-0.39, 0.29) is 11.5 Å². The van der Waals surface area contributed by atoms with E-state index in [4.69, 9.17) is 4.74 Å². The van der Waals surface area contributed by atoms with Gasteiger partial charge in [0, 0.05) is 28.2 Å². The standard InChI is InChI=1S/C22H26N2O/c1-4-5-13-25-19-12-8-9-15-16(14-23-20(15)19)21-22(2,3)17-10-6-7-11-18(17)24-21/h6-12,14,21,23-24H,4-5,13H2,1-3H3. The fourth-order valence-electron chi connectivity index (χ4n) is 3.96. The van der Waals surface area contributed by atoms with Crippen LogP contribution in [0.1, 0.15) is 50.8 Å². The van der Waals surface area contributed by atoms with Gasteiger partial charge in [0.15, 0.2) is 0 Å². The van der Waals surface area contributed by atoms with Gasteiger partial charge in [-0.1, -0.05) is 57.5 Å². The van der Waals surface area contributed by atoms with Gasteiger partial charge in [-0.3, -0.25) is 0 Å². The van der Waals surface area contributed by atoms with E-state index in [9.17, 15) is 0 Å². The molecule has 1 aliphatic heterocycles. The summed E-state index contributed by atoms with van der Waals surface area (Å²) in [5, 5.41) is 4.97. The smallest absolute Gasteiger partial charge is 0.143 e. The topological polar surface area (TPSA) is 37.0 Å². The quantitative estimate of drug-likeness (QED) is 0.579. The van der Waals surface area contributed by atoms with Crippen molar-refractivity contribution in [3.63, 3.8) is 0 Å². The van der Waals surface area contributed by atoms with E-state index in [1.165, 1.54) is 22.2 Å². The summed E-state index contributed by atoms with van der Waals surface area (Å²) in [7, 11) is 0. The zero-order valence-corrected chi connectivity index (χ0v) is 15.2. The Balaban J connectivity index is 1.73. The lowest BCUT2D eigenvalue weighted by Crippen LogP contribution is -2.25. The van der Waals surface area contributed by atoms with Gasteiger partial charge in [0.25, 0.3) is 0 Å². The number of H-pyrrole nitrogens is 1. The Kier molecular flexibility index (Phi) is 3.95. The van der Waals surface area contributed by atoms with E-state index in [1.54, 1.807) is 0 Å². The number of aromatic amines is 1. The molecule has 4 rings (SSSR count). The Bertz CT molecular complexity index is 894. The van der Waals surface area contributed by atoms with Crippen molar-refractivity contribution in [2.45, 2.75) is 45.1 Å². The van der Waals surface area contributed by atoms with Crippen molar-refractivity contribution in [3.8, 4) is 5.75 Å². The molecule has 1 atom stereocenters. The minimum atomic E-state index is 0.0325. The van der Waals surface area contributed by atoms with E-state index >= 15 is 0 Å². The molecule has 3 aromatic rings. The SMILES string of the molecule is CCCCOc1cccc2c(C3Nc4ccccc4C3(C)C)c[nH]c12. The third kappa shape index (κ3) is 2.58. The Morgan fingerprint density at radius 1 is 1.08 bits per heavy atom. The molecule has 25 heavy (non-hydrogen) atoms. The van der Waals surface area contributed by atoms with Gasteiger partial charge in [-0.2, -0.15) is 0 Å². The van der Waals surface area contributed by atoms with Gasteiger partial charge < -0.3 is 15.0 Å². The fourth-order valence-corrected chi connectivity index (χ4v) is 3.96. The number of benzene rings is 2.